The van der Waals surface area contributed by atoms with E-state index in [4.69, 9.17) is 16.3 Å². The van der Waals surface area contributed by atoms with Gasteiger partial charge in [-0.1, -0.05) is 18.2 Å². The molecule has 0 bridgehead atoms. The van der Waals surface area contributed by atoms with Gasteiger partial charge in [0.1, 0.15) is 5.75 Å². The fourth-order valence-corrected chi connectivity index (χ4v) is 3.25. The highest BCUT2D eigenvalue weighted by Crippen LogP contribution is 2.29. The molecule has 0 atom stereocenters. The van der Waals surface area contributed by atoms with Crippen molar-refractivity contribution in [3.63, 3.8) is 0 Å². The molecule has 0 aromatic heterocycles. The fourth-order valence-electron chi connectivity index (χ4n) is 1.64. The maximum atomic E-state index is 5.77. The van der Waals surface area contributed by atoms with Crippen molar-refractivity contribution in [3.8, 4) is 5.75 Å². The lowest BCUT2D eigenvalue weighted by atomic mass is 10.2. The Labute approximate surface area is 131 Å². The van der Waals surface area contributed by atoms with E-state index in [1.807, 2.05) is 17.8 Å². The van der Waals surface area contributed by atoms with Crippen LogP contribution in [0.15, 0.2) is 51.8 Å². The van der Waals surface area contributed by atoms with E-state index in [1.165, 1.54) is 10.5 Å². The van der Waals surface area contributed by atoms with Gasteiger partial charge < -0.3 is 4.74 Å². The summed E-state index contributed by atoms with van der Waals surface area (Å²) < 4.78 is 6.21. The van der Waals surface area contributed by atoms with Gasteiger partial charge in [-0.05, 0) is 51.3 Å². The van der Waals surface area contributed by atoms with E-state index in [1.54, 1.807) is 7.11 Å². The summed E-state index contributed by atoms with van der Waals surface area (Å²) in [7, 11) is 1.67. The third-order valence-corrected chi connectivity index (χ3v) is 4.71. The molecule has 0 aliphatic carbocycles. The van der Waals surface area contributed by atoms with E-state index in [0.717, 1.165) is 21.5 Å². The number of methoxy groups -OCH3 is 1. The molecule has 0 aliphatic heterocycles. The number of thioether (sulfide) groups is 1. The molecule has 4 heteroatoms. The van der Waals surface area contributed by atoms with E-state index in [-0.39, 0.29) is 0 Å². The van der Waals surface area contributed by atoms with E-state index in [9.17, 15) is 0 Å². The van der Waals surface area contributed by atoms with Crippen LogP contribution in [0.25, 0.3) is 0 Å². The summed E-state index contributed by atoms with van der Waals surface area (Å²) in [5.74, 6) is 2.36. The normalized spacial score (nSPS) is 10.5. The highest BCUT2D eigenvalue weighted by Gasteiger charge is 2.02. The Hall–Kier alpha value is -0.640. The van der Waals surface area contributed by atoms with Crippen molar-refractivity contribution < 1.29 is 4.74 Å². The third-order valence-electron chi connectivity index (χ3n) is 2.70. The smallest absolute Gasteiger partial charge is 0.133 e. The Morgan fingerprint density at radius 3 is 2.37 bits per heavy atom. The first-order valence-corrected chi connectivity index (χ1v) is 8.14. The second-order valence-electron chi connectivity index (χ2n) is 4.04. The Morgan fingerprint density at radius 1 is 1.11 bits per heavy atom. The van der Waals surface area contributed by atoms with Gasteiger partial charge in [-0.2, -0.15) is 0 Å². The third kappa shape index (κ3) is 4.16. The first kappa shape index (κ1) is 14.8. The zero-order chi connectivity index (χ0) is 13.7. The summed E-state index contributed by atoms with van der Waals surface area (Å²) in [6.45, 7) is 0. The molecule has 0 radical (unpaired) electrons. The van der Waals surface area contributed by atoms with Gasteiger partial charge in [0.05, 0.1) is 11.6 Å². The van der Waals surface area contributed by atoms with E-state index >= 15 is 0 Å². The SMILES string of the molecule is COc1ccc(CSc2ccc(CCl)cc2)cc1Br. The maximum Gasteiger partial charge on any atom is 0.133 e. The van der Waals surface area contributed by atoms with Crippen LogP contribution in [0.5, 0.6) is 5.75 Å². The molecule has 2 aromatic carbocycles. The van der Waals surface area contributed by atoms with Crippen LogP contribution in [0, 0.1) is 0 Å². The molecule has 2 rings (SSSR count). The number of halogens is 2. The lowest BCUT2D eigenvalue weighted by Gasteiger charge is -2.06. The fraction of sp³-hybridized carbons (Fsp3) is 0.200. The molecule has 1 nitrogen and oxygen atoms in total. The van der Waals surface area contributed by atoms with Crippen LogP contribution in [-0.4, -0.2) is 7.11 Å². The van der Waals surface area contributed by atoms with Crippen LogP contribution in [0.2, 0.25) is 0 Å². The molecule has 0 unspecified atom stereocenters. The van der Waals surface area contributed by atoms with Gasteiger partial charge in [0, 0.05) is 16.5 Å². The van der Waals surface area contributed by atoms with Crippen molar-refractivity contribution in [3.05, 3.63) is 58.1 Å². The highest BCUT2D eigenvalue weighted by atomic mass is 79.9. The van der Waals surface area contributed by atoms with Crippen LogP contribution in [0.4, 0.5) is 0 Å². The lowest BCUT2D eigenvalue weighted by Crippen LogP contribution is -1.87. The van der Waals surface area contributed by atoms with Crippen molar-refractivity contribution in [2.75, 3.05) is 7.11 Å². The molecule has 19 heavy (non-hydrogen) atoms. The minimum absolute atomic E-state index is 0.566. The number of benzene rings is 2. The Morgan fingerprint density at radius 2 is 1.79 bits per heavy atom. The van der Waals surface area contributed by atoms with Crippen LogP contribution < -0.4 is 4.74 Å². The van der Waals surface area contributed by atoms with Crippen LogP contribution >= 0.6 is 39.3 Å². The second-order valence-corrected chi connectivity index (χ2v) is 6.21. The average molecular weight is 358 g/mol. The molecule has 0 spiro atoms. The van der Waals surface area contributed by atoms with Gasteiger partial charge in [0.25, 0.3) is 0 Å². The Balaban J connectivity index is 1.99. The van der Waals surface area contributed by atoms with Crippen LogP contribution in [0.1, 0.15) is 11.1 Å². The van der Waals surface area contributed by atoms with Crippen molar-refractivity contribution in [1.29, 1.82) is 0 Å². The molecular weight excluding hydrogens is 344 g/mol. The number of hydrogen-bond donors (Lipinski definition) is 0. The summed E-state index contributed by atoms with van der Waals surface area (Å²) in [6.07, 6.45) is 0. The molecule has 2 aromatic rings. The lowest BCUT2D eigenvalue weighted by molar-refractivity contribution is 0.412. The van der Waals surface area contributed by atoms with E-state index < -0.39 is 0 Å². The zero-order valence-electron chi connectivity index (χ0n) is 10.5. The maximum absolute atomic E-state index is 5.77. The number of alkyl halides is 1. The monoisotopic (exact) mass is 356 g/mol. The van der Waals surface area contributed by atoms with Gasteiger partial charge in [-0.3, -0.25) is 0 Å². The number of ether oxygens (including phenoxy) is 1. The van der Waals surface area contributed by atoms with Gasteiger partial charge in [-0.25, -0.2) is 0 Å². The zero-order valence-corrected chi connectivity index (χ0v) is 13.7. The van der Waals surface area contributed by atoms with Crippen molar-refractivity contribution in [2.24, 2.45) is 0 Å². The summed E-state index contributed by atoms with van der Waals surface area (Å²) in [4.78, 5) is 1.25. The van der Waals surface area contributed by atoms with Crippen molar-refractivity contribution >= 4 is 39.3 Å². The molecule has 100 valence electrons. The molecule has 0 aliphatic rings. The number of rotatable bonds is 5. The quantitative estimate of drug-likeness (QED) is 0.517. The van der Waals surface area contributed by atoms with Crippen LogP contribution in [-0.2, 0) is 11.6 Å². The molecule has 0 amide bonds. The Kier molecular flexibility index (Phi) is 5.61. The molecule has 0 heterocycles. The molecule has 0 saturated carbocycles. The summed E-state index contributed by atoms with van der Waals surface area (Å²) in [5, 5.41) is 0. The predicted molar refractivity (Wildman–Crippen MR) is 86.3 cm³/mol. The molecule has 0 saturated heterocycles. The summed E-state index contributed by atoms with van der Waals surface area (Å²) in [5.41, 5.74) is 2.41. The van der Waals surface area contributed by atoms with E-state index in [0.29, 0.717) is 5.88 Å². The van der Waals surface area contributed by atoms with Gasteiger partial charge in [0.2, 0.25) is 0 Å². The minimum atomic E-state index is 0.566. The molecule has 0 N–H and O–H groups in total. The van der Waals surface area contributed by atoms with Crippen molar-refractivity contribution in [2.45, 2.75) is 16.5 Å². The van der Waals surface area contributed by atoms with Crippen LogP contribution in [0.3, 0.4) is 0 Å². The Bertz CT molecular complexity index is 542. The van der Waals surface area contributed by atoms with Gasteiger partial charge >= 0.3 is 0 Å². The predicted octanol–water partition coefficient (Wildman–Crippen LogP) is 5.49. The van der Waals surface area contributed by atoms with Gasteiger partial charge in [-0.15, -0.1) is 23.4 Å². The summed E-state index contributed by atoms with van der Waals surface area (Å²) in [6, 6.07) is 14.5. The minimum Gasteiger partial charge on any atom is -0.496 e. The first-order chi connectivity index (χ1) is 9.22. The molecule has 0 fully saturated rings. The standard InChI is InChI=1S/C15H14BrClOS/c1-18-15-7-4-12(8-14(15)16)10-19-13-5-2-11(9-17)3-6-13/h2-8H,9-10H2,1H3. The topological polar surface area (TPSA) is 9.23 Å². The average Bonchev–Trinajstić information content (AvgIpc) is 2.46. The highest BCUT2D eigenvalue weighted by molar-refractivity contribution is 9.10. The second kappa shape index (κ2) is 7.22. The van der Waals surface area contributed by atoms with E-state index in [2.05, 4.69) is 52.3 Å². The largest absolute Gasteiger partial charge is 0.496 e. The first-order valence-electron chi connectivity index (χ1n) is 5.83. The summed E-state index contributed by atoms with van der Waals surface area (Å²) >= 11 is 11.1. The molecular formula is C15H14BrClOS. The van der Waals surface area contributed by atoms with Gasteiger partial charge in [0.15, 0.2) is 0 Å². The number of hydrogen-bond acceptors (Lipinski definition) is 2. The van der Waals surface area contributed by atoms with Crippen molar-refractivity contribution in [1.82, 2.24) is 0 Å².